The average Bonchev–Trinajstić information content (AvgIpc) is 3.89. The van der Waals surface area contributed by atoms with Crippen molar-refractivity contribution in [2.75, 3.05) is 0 Å². The number of aromatic nitrogens is 3. The van der Waals surface area contributed by atoms with Crippen molar-refractivity contribution in [2.24, 2.45) is 0 Å². The maximum absolute atomic E-state index is 8.44. The Hall–Kier alpha value is -6.43. The molecule has 0 N–H and O–H groups in total. The average molecular weight is 997 g/mol. The summed E-state index contributed by atoms with van der Waals surface area (Å²) in [5.41, 5.74) is 10.9. The number of para-hydroxylation sites is 1. The van der Waals surface area contributed by atoms with E-state index in [2.05, 4.69) is 181 Å². The minimum absolute atomic E-state index is 0. The Morgan fingerprint density at radius 1 is 0.645 bits per heavy atom. The molecule has 0 amide bonds. The zero-order valence-electron chi connectivity index (χ0n) is 36.3. The minimum atomic E-state index is -1.50. The molecule has 0 aliphatic heterocycles. The Morgan fingerprint density at radius 3 is 2.08 bits per heavy atom. The van der Waals surface area contributed by atoms with Crippen LogP contribution in [0.1, 0.15) is 26.7 Å². The van der Waals surface area contributed by atoms with Gasteiger partial charge in [0.25, 0.3) is 0 Å². The van der Waals surface area contributed by atoms with E-state index in [1.165, 1.54) is 5.19 Å². The zero-order valence-corrected chi connectivity index (χ0v) is 38.7. The van der Waals surface area contributed by atoms with Crippen LogP contribution >= 0.6 is 0 Å². The standard InChI is InChI=1S/C39H23N2O.C17H22NSi.Ir/c1-2-11-25(12-3-1)28-15-8-9-20-34(28)41-35-24-22-26-13-4-6-16-29(26)36(35)40-39(41)33-19-10-18-31-32-23-21-27-14-5-7-17-30(27)37(32)42-38(31)33;1-13(2)15-11-16(14-9-7-6-8-10-14)18-12-17(15)19(3,4)5;/h1-18,20-24H;6-9,11-13H,1-5H3;/q2*-1;/i;13D;. The molecule has 0 saturated heterocycles. The van der Waals surface area contributed by atoms with Crippen LogP contribution in [0.15, 0.2) is 180 Å². The number of nitrogens with zero attached hydrogens (tertiary/aromatic N) is 3. The van der Waals surface area contributed by atoms with Gasteiger partial charge in [0.15, 0.2) is 0 Å². The molecule has 0 aliphatic rings. The molecule has 0 atom stereocenters. The zero-order chi connectivity index (χ0) is 42.6. The van der Waals surface area contributed by atoms with E-state index >= 15 is 0 Å². The summed E-state index contributed by atoms with van der Waals surface area (Å²) in [6.07, 6.45) is 1.98. The molecule has 1 radical (unpaired) electrons. The van der Waals surface area contributed by atoms with E-state index in [1.54, 1.807) is 0 Å². The quantitative estimate of drug-likeness (QED) is 0.123. The van der Waals surface area contributed by atoms with Crippen LogP contribution in [0.25, 0.3) is 94.0 Å². The van der Waals surface area contributed by atoms with Crippen molar-refractivity contribution in [2.45, 2.75) is 39.4 Å². The number of rotatable bonds is 6. The summed E-state index contributed by atoms with van der Waals surface area (Å²) in [7, 11) is -1.50. The van der Waals surface area contributed by atoms with Crippen LogP contribution < -0.4 is 5.19 Å². The second kappa shape index (κ2) is 16.8. The van der Waals surface area contributed by atoms with Crippen molar-refractivity contribution < 1.29 is 25.9 Å². The maximum atomic E-state index is 8.44. The summed E-state index contributed by atoms with van der Waals surface area (Å²) in [5.74, 6) is 0.195. The SMILES string of the molecule is [2H]C(C)(C)c1cc(-c2[c-]cccc2)ncc1[Si](C)(C)C.[Ir].[c-]1ccc2c(oc3c4ccccc4ccc23)c1-c1nc2c3ccccc3ccc2n1-c1ccccc1-c1ccccc1. The first-order chi connectivity index (χ1) is 30.0. The number of furan rings is 1. The summed E-state index contributed by atoms with van der Waals surface area (Å²) in [4.78, 5) is 9.99. The van der Waals surface area contributed by atoms with Crippen molar-refractivity contribution in [1.82, 2.24) is 14.5 Å². The van der Waals surface area contributed by atoms with Gasteiger partial charge in [-0.2, -0.15) is 0 Å². The predicted molar refractivity (Wildman–Crippen MR) is 259 cm³/mol. The molecule has 11 aromatic rings. The Balaban J connectivity index is 0.000000204. The van der Waals surface area contributed by atoms with E-state index in [4.69, 9.17) is 10.8 Å². The molecular formula is C56H45IrN3OSi-2. The normalized spacial score (nSPS) is 12.0. The summed E-state index contributed by atoms with van der Waals surface area (Å²) in [5, 5.41) is 7.97. The van der Waals surface area contributed by atoms with Gasteiger partial charge in [-0.25, -0.2) is 0 Å². The maximum Gasteiger partial charge on any atom is 0.128 e. The third-order valence-corrected chi connectivity index (χ3v) is 13.6. The van der Waals surface area contributed by atoms with Gasteiger partial charge < -0.3 is 14.0 Å². The number of hydrogen-bond donors (Lipinski definition) is 0. The largest absolute Gasteiger partial charge is 0.500 e. The van der Waals surface area contributed by atoms with Crippen molar-refractivity contribution in [1.29, 1.82) is 0 Å². The first kappa shape index (κ1) is 39.7. The molecule has 3 aromatic heterocycles. The summed E-state index contributed by atoms with van der Waals surface area (Å²) >= 11 is 0. The Bertz CT molecular complexity index is 3440. The second-order valence-electron chi connectivity index (χ2n) is 16.8. The van der Waals surface area contributed by atoms with E-state index in [-0.39, 0.29) is 20.1 Å². The van der Waals surface area contributed by atoms with Crippen molar-refractivity contribution >= 4 is 67.8 Å². The molecule has 62 heavy (non-hydrogen) atoms. The van der Waals surface area contributed by atoms with Gasteiger partial charge in [0.05, 0.1) is 30.5 Å². The molecule has 11 rings (SSSR count). The molecule has 0 saturated carbocycles. The number of hydrogen-bond acceptors (Lipinski definition) is 3. The van der Waals surface area contributed by atoms with Gasteiger partial charge in [0.1, 0.15) is 5.58 Å². The molecule has 305 valence electrons. The summed E-state index contributed by atoms with van der Waals surface area (Å²) in [6.45, 7) is 10.8. The van der Waals surface area contributed by atoms with Gasteiger partial charge >= 0.3 is 0 Å². The van der Waals surface area contributed by atoms with Crippen molar-refractivity contribution in [3.05, 3.63) is 194 Å². The van der Waals surface area contributed by atoms with E-state index in [0.717, 1.165) is 99.5 Å². The fraction of sp³-hybridized carbons (Fsp3) is 0.107. The third kappa shape index (κ3) is 7.39. The van der Waals surface area contributed by atoms with Crippen LogP contribution in [0.2, 0.25) is 19.6 Å². The van der Waals surface area contributed by atoms with E-state index in [0.29, 0.717) is 0 Å². The van der Waals surface area contributed by atoms with Gasteiger partial charge in [-0.15, -0.1) is 54.1 Å². The van der Waals surface area contributed by atoms with E-state index in [9.17, 15) is 0 Å². The fourth-order valence-corrected chi connectivity index (χ4v) is 10.1. The van der Waals surface area contributed by atoms with Crippen LogP contribution in [0.4, 0.5) is 0 Å². The van der Waals surface area contributed by atoms with Gasteiger partial charge in [0, 0.05) is 55.1 Å². The first-order valence-electron chi connectivity index (χ1n) is 21.3. The van der Waals surface area contributed by atoms with Gasteiger partial charge in [-0.1, -0.05) is 171 Å². The number of benzene rings is 8. The van der Waals surface area contributed by atoms with E-state index < -0.39 is 14.0 Å². The molecule has 0 aliphatic carbocycles. The second-order valence-corrected chi connectivity index (χ2v) is 21.8. The predicted octanol–water partition coefficient (Wildman–Crippen LogP) is 14.6. The topological polar surface area (TPSA) is 43.9 Å². The number of fused-ring (bicyclic) bond motifs is 8. The van der Waals surface area contributed by atoms with Crippen molar-refractivity contribution in [3.63, 3.8) is 0 Å². The van der Waals surface area contributed by atoms with Gasteiger partial charge in [0.2, 0.25) is 0 Å². The van der Waals surface area contributed by atoms with Crippen LogP contribution in [0, 0.1) is 12.1 Å². The molecule has 6 heteroatoms. The molecule has 0 fully saturated rings. The first-order valence-corrected chi connectivity index (χ1v) is 24.3. The van der Waals surface area contributed by atoms with Gasteiger partial charge in [-0.3, -0.25) is 4.98 Å². The van der Waals surface area contributed by atoms with Crippen molar-refractivity contribution in [3.8, 4) is 39.5 Å². The molecule has 0 unspecified atom stereocenters. The van der Waals surface area contributed by atoms with Crippen LogP contribution in [0.3, 0.4) is 0 Å². The third-order valence-electron chi connectivity index (χ3n) is 11.6. The molecule has 0 bridgehead atoms. The Morgan fingerprint density at radius 2 is 1.32 bits per heavy atom. The molecule has 4 nitrogen and oxygen atoms in total. The summed E-state index contributed by atoms with van der Waals surface area (Å²) in [6, 6.07) is 65.4. The Kier molecular flexibility index (Phi) is 10.7. The smallest absolute Gasteiger partial charge is 0.128 e. The molecule has 3 heterocycles. The monoisotopic (exact) mass is 997 g/mol. The fourth-order valence-electron chi connectivity index (χ4n) is 8.56. The minimum Gasteiger partial charge on any atom is -0.500 e. The molecular weight excluding hydrogens is 951 g/mol. The number of pyridine rings is 1. The Labute approximate surface area is 378 Å². The van der Waals surface area contributed by atoms with Crippen LogP contribution in [-0.4, -0.2) is 22.6 Å². The van der Waals surface area contributed by atoms with Crippen LogP contribution in [0.5, 0.6) is 0 Å². The molecule has 8 aromatic carbocycles. The number of imidazole rings is 1. The molecule has 0 spiro atoms. The van der Waals surface area contributed by atoms with Gasteiger partial charge in [-0.05, 0) is 45.2 Å². The van der Waals surface area contributed by atoms with E-state index in [1.807, 2.05) is 50.4 Å². The summed E-state index contributed by atoms with van der Waals surface area (Å²) < 4.78 is 17.5. The van der Waals surface area contributed by atoms with Crippen LogP contribution in [-0.2, 0) is 20.1 Å².